The van der Waals surface area contributed by atoms with Crippen molar-refractivity contribution in [3.8, 4) is 0 Å². The quantitative estimate of drug-likeness (QED) is 0.295. The second-order valence-electron chi connectivity index (χ2n) is 13.2. The smallest absolute Gasteiger partial charge is 0.338 e. The molecule has 0 radical (unpaired) electrons. The number of hydrogen-bond donors (Lipinski definition) is 1. The molecule has 2 fully saturated rings. The Morgan fingerprint density at radius 1 is 1.02 bits per heavy atom. The number of ketones is 1. The molecule has 5 heteroatoms. The number of nitrogens with zero attached hydrogens (tertiary/aromatic N) is 1. The van der Waals surface area contributed by atoms with Gasteiger partial charge in [0, 0.05) is 37.5 Å². The van der Waals surface area contributed by atoms with Gasteiger partial charge in [0.05, 0.1) is 17.8 Å². The minimum Gasteiger partial charge on any atom is -0.462 e. The highest BCUT2D eigenvalue weighted by atomic mass is 16.5. The van der Waals surface area contributed by atoms with Crippen molar-refractivity contribution in [3.63, 3.8) is 0 Å². The molecule has 2 aromatic carbocycles. The van der Waals surface area contributed by atoms with Crippen LogP contribution in [-0.4, -0.2) is 43.2 Å². The zero-order valence-electron chi connectivity index (χ0n) is 24.7. The van der Waals surface area contributed by atoms with Crippen LogP contribution in [0.4, 0.5) is 5.69 Å². The molecule has 216 valence electrons. The van der Waals surface area contributed by atoms with Gasteiger partial charge in [-0.25, -0.2) is 4.79 Å². The van der Waals surface area contributed by atoms with E-state index < -0.39 is 5.60 Å². The molecule has 0 aromatic heterocycles. The second-order valence-corrected chi connectivity index (χ2v) is 13.2. The Morgan fingerprint density at radius 3 is 2.51 bits per heavy atom. The summed E-state index contributed by atoms with van der Waals surface area (Å²) in [5.41, 5.74) is 6.27. The standard InChI is InChI=1S/C36H43NO4/c1-35-23-31(24-10-13-27(14-11-24)37(2)3)33-29-17-15-28(38)22-26(29)12-16-30(33)32(35)18-20-36(35,40)19-7-21-41-34(39)25-8-5-4-6-9-25/h4-6,8-11,13-14,22,30-32,40H,7,12,15-21,23H2,1-3H3/t30-,31+,32-,35+,36+/m0/s1. The molecule has 4 aliphatic carbocycles. The fourth-order valence-corrected chi connectivity index (χ4v) is 8.66. The Bertz CT molecular complexity index is 1370. The van der Waals surface area contributed by atoms with Gasteiger partial charge in [-0.3, -0.25) is 4.79 Å². The predicted octanol–water partition coefficient (Wildman–Crippen LogP) is 7.02. The topological polar surface area (TPSA) is 66.8 Å². The molecule has 5 nitrogen and oxygen atoms in total. The normalized spacial score (nSPS) is 30.7. The van der Waals surface area contributed by atoms with Gasteiger partial charge in [-0.1, -0.05) is 42.8 Å². The first-order valence-corrected chi connectivity index (χ1v) is 15.4. The Kier molecular flexibility index (Phi) is 7.44. The van der Waals surface area contributed by atoms with E-state index in [9.17, 15) is 14.7 Å². The summed E-state index contributed by atoms with van der Waals surface area (Å²) in [5, 5.41) is 12.3. The molecule has 2 aromatic rings. The third-order valence-corrected chi connectivity index (χ3v) is 10.8. The number of carbonyl (C=O) groups excluding carboxylic acids is 2. The predicted molar refractivity (Wildman–Crippen MR) is 162 cm³/mol. The Balaban J connectivity index is 1.28. The van der Waals surface area contributed by atoms with Crippen LogP contribution >= 0.6 is 0 Å². The van der Waals surface area contributed by atoms with Crippen LogP contribution in [0.25, 0.3) is 0 Å². The molecule has 0 aliphatic heterocycles. The van der Waals surface area contributed by atoms with Crippen molar-refractivity contribution < 1.29 is 19.4 Å². The maximum Gasteiger partial charge on any atom is 0.338 e. The van der Waals surface area contributed by atoms with Gasteiger partial charge in [-0.15, -0.1) is 0 Å². The lowest BCUT2D eigenvalue weighted by atomic mass is 9.51. The molecule has 6 rings (SSSR count). The van der Waals surface area contributed by atoms with Crippen LogP contribution in [0.2, 0.25) is 0 Å². The highest BCUT2D eigenvalue weighted by molar-refractivity contribution is 5.93. The number of fused-ring (bicyclic) bond motifs is 4. The number of anilines is 1. The molecule has 41 heavy (non-hydrogen) atoms. The molecule has 0 bridgehead atoms. The summed E-state index contributed by atoms with van der Waals surface area (Å²) in [5.74, 6) is 1.03. The summed E-state index contributed by atoms with van der Waals surface area (Å²) >= 11 is 0. The van der Waals surface area contributed by atoms with Gasteiger partial charge < -0.3 is 14.7 Å². The van der Waals surface area contributed by atoms with E-state index in [4.69, 9.17) is 4.74 Å². The molecule has 0 heterocycles. The Hall–Kier alpha value is -3.18. The van der Waals surface area contributed by atoms with Crippen molar-refractivity contribution in [2.45, 2.75) is 76.2 Å². The molecule has 5 atom stereocenters. The van der Waals surface area contributed by atoms with Crippen molar-refractivity contribution in [1.29, 1.82) is 0 Å². The average molecular weight is 554 g/mol. The lowest BCUT2D eigenvalue weighted by Gasteiger charge is -2.55. The number of ether oxygens (including phenoxy) is 1. The first kappa shape index (κ1) is 28.0. The average Bonchev–Trinajstić information content (AvgIpc) is 3.25. The van der Waals surface area contributed by atoms with E-state index in [1.807, 2.05) is 24.3 Å². The molecule has 1 N–H and O–H groups in total. The van der Waals surface area contributed by atoms with Crippen molar-refractivity contribution in [1.82, 2.24) is 0 Å². The number of allylic oxidation sites excluding steroid dienone is 4. The van der Waals surface area contributed by atoms with E-state index in [2.05, 4.69) is 50.2 Å². The van der Waals surface area contributed by atoms with E-state index in [1.165, 1.54) is 22.4 Å². The van der Waals surface area contributed by atoms with Crippen molar-refractivity contribution in [2.75, 3.05) is 25.6 Å². The second kappa shape index (κ2) is 10.9. The minimum atomic E-state index is -0.798. The van der Waals surface area contributed by atoms with Gasteiger partial charge in [0.1, 0.15) is 0 Å². The lowest BCUT2D eigenvalue weighted by molar-refractivity contribution is -0.114. The van der Waals surface area contributed by atoms with Crippen molar-refractivity contribution in [2.24, 2.45) is 17.3 Å². The molecule has 0 spiro atoms. The van der Waals surface area contributed by atoms with Gasteiger partial charge in [0.2, 0.25) is 0 Å². The third-order valence-electron chi connectivity index (χ3n) is 10.8. The van der Waals surface area contributed by atoms with Crippen LogP contribution < -0.4 is 4.90 Å². The number of hydrogen-bond acceptors (Lipinski definition) is 5. The molecule has 0 unspecified atom stereocenters. The number of benzene rings is 2. The summed E-state index contributed by atoms with van der Waals surface area (Å²) in [6.07, 6.45) is 9.37. The largest absolute Gasteiger partial charge is 0.462 e. The molecular formula is C36H43NO4. The summed E-state index contributed by atoms with van der Waals surface area (Å²) in [6, 6.07) is 18.1. The molecule has 0 amide bonds. The van der Waals surface area contributed by atoms with Gasteiger partial charge in [0.15, 0.2) is 5.78 Å². The summed E-state index contributed by atoms with van der Waals surface area (Å²) in [6.45, 7) is 2.64. The van der Waals surface area contributed by atoms with Gasteiger partial charge in [-0.2, -0.15) is 0 Å². The van der Waals surface area contributed by atoms with E-state index in [-0.39, 0.29) is 23.1 Å². The van der Waals surface area contributed by atoms with Crippen LogP contribution in [-0.2, 0) is 9.53 Å². The Labute approximate surface area is 244 Å². The van der Waals surface area contributed by atoms with Crippen molar-refractivity contribution >= 4 is 17.4 Å². The number of esters is 1. The van der Waals surface area contributed by atoms with Gasteiger partial charge in [0.25, 0.3) is 0 Å². The first-order valence-electron chi connectivity index (χ1n) is 15.4. The van der Waals surface area contributed by atoms with E-state index in [1.54, 1.807) is 17.7 Å². The summed E-state index contributed by atoms with van der Waals surface area (Å²) in [4.78, 5) is 26.9. The van der Waals surface area contributed by atoms with Crippen molar-refractivity contribution in [3.05, 3.63) is 88.5 Å². The highest BCUT2D eigenvalue weighted by Gasteiger charge is 2.62. The first-order chi connectivity index (χ1) is 19.7. The monoisotopic (exact) mass is 553 g/mol. The van der Waals surface area contributed by atoms with Crippen LogP contribution in [0.3, 0.4) is 0 Å². The van der Waals surface area contributed by atoms with E-state index in [0.29, 0.717) is 43.3 Å². The van der Waals surface area contributed by atoms with Crippen LogP contribution in [0.5, 0.6) is 0 Å². The van der Waals surface area contributed by atoms with Crippen LogP contribution in [0.1, 0.15) is 86.6 Å². The molecule has 4 aliphatic rings. The summed E-state index contributed by atoms with van der Waals surface area (Å²) < 4.78 is 5.58. The maximum atomic E-state index is 12.5. The molecule has 2 saturated carbocycles. The van der Waals surface area contributed by atoms with Crippen LogP contribution in [0.15, 0.2) is 77.4 Å². The zero-order valence-corrected chi connectivity index (χ0v) is 24.7. The minimum absolute atomic E-state index is 0.227. The van der Waals surface area contributed by atoms with E-state index in [0.717, 1.165) is 38.5 Å². The number of carbonyl (C=O) groups is 2. The van der Waals surface area contributed by atoms with Gasteiger partial charge in [-0.05, 0) is 110 Å². The van der Waals surface area contributed by atoms with Crippen LogP contribution in [0, 0.1) is 17.3 Å². The molecule has 0 saturated heterocycles. The number of aliphatic hydroxyl groups is 1. The van der Waals surface area contributed by atoms with Gasteiger partial charge >= 0.3 is 5.97 Å². The fraction of sp³-hybridized carbons (Fsp3) is 0.500. The zero-order chi connectivity index (χ0) is 28.8. The lowest BCUT2D eigenvalue weighted by Crippen LogP contribution is -2.51. The third kappa shape index (κ3) is 4.97. The Morgan fingerprint density at radius 2 is 1.78 bits per heavy atom. The summed E-state index contributed by atoms with van der Waals surface area (Å²) in [7, 11) is 4.13. The van der Waals surface area contributed by atoms with E-state index >= 15 is 0 Å². The maximum absolute atomic E-state index is 12.5. The fourth-order valence-electron chi connectivity index (χ4n) is 8.66. The molecular weight excluding hydrogens is 510 g/mol. The highest BCUT2D eigenvalue weighted by Crippen LogP contribution is 2.67. The SMILES string of the molecule is CN(C)c1ccc([C@H]2C[C@]3(C)[C@@H](CC[C@]3(O)CCCOC(=O)c3ccccc3)[C@@H]3CCC4=CC(=O)CCC4=C32)cc1. The number of rotatable bonds is 7.